The average Bonchev–Trinajstić information content (AvgIpc) is 3.06. The van der Waals surface area contributed by atoms with Crippen LogP contribution in [-0.4, -0.2) is 52.1 Å². The second kappa shape index (κ2) is 7.77. The summed E-state index contributed by atoms with van der Waals surface area (Å²) in [5.74, 6) is 0. The summed E-state index contributed by atoms with van der Waals surface area (Å²) in [5, 5.41) is 1.42. The lowest BCUT2D eigenvalue weighted by Gasteiger charge is -2.39. The molecule has 0 spiro atoms. The predicted molar refractivity (Wildman–Crippen MR) is 121 cm³/mol. The summed E-state index contributed by atoms with van der Waals surface area (Å²) >= 11 is 0. The van der Waals surface area contributed by atoms with E-state index in [0.717, 1.165) is 31.2 Å². The maximum absolute atomic E-state index is 4.45. The molecule has 0 aliphatic carbocycles. The van der Waals surface area contributed by atoms with E-state index in [2.05, 4.69) is 69.9 Å². The molecule has 150 valence electrons. The van der Waals surface area contributed by atoms with E-state index in [-0.39, 0.29) is 0 Å². The summed E-state index contributed by atoms with van der Waals surface area (Å²) in [6, 6.07) is 13.7. The molecule has 5 rings (SSSR count). The topological polar surface area (TPSA) is 24.3 Å². The molecule has 1 aromatic carbocycles. The molecule has 2 aliphatic rings. The first-order valence-electron chi connectivity index (χ1n) is 10.8. The molecular weight excluding hydrogens is 356 g/mol. The van der Waals surface area contributed by atoms with Crippen LogP contribution in [0.25, 0.3) is 23.2 Å². The van der Waals surface area contributed by atoms with Crippen molar-refractivity contribution in [2.45, 2.75) is 38.8 Å². The lowest BCUT2D eigenvalue weighted by atomic mass is 9.97. The number of hydrogen-bond donors (Lipinski definition) is 0. The fourth-order valence-electron chi connectivity index (χ4n) is 4.99. The Bertz CT molecular complexity index is 1030. The smallest absolute Gasteiger partial charge is 0.0644 e. The number of piperidine rings is 1. The maximum Gasteiger partial charge on any atom is 0.0644 e. The summed E-state index contributed by atoms with van der Waals surface area (Å²) in [6.45, 7) is 6.89. The minimum absolute atomic E-state index is 0.728. The minimum atomic E-state index is 0.728. The van der Waals surface area contributed by atoms with Gasteiger partial charge in [-0.15, -0.1) is 0 Å². The normalized spacial score (nSPS) is 19.2. The third-order valence-electron chi connectivity index (χ3n) is 6.66. The number of hydrogen-bond acceptors (Lipinski definition) is 3. The molecule has 1 saturated heterocycles. The molecule has 0 N–H and O–H groups in total. The van der Waals surface area contributed by atoms with Gasteiger partial charge in [0.25, 0.3) is 0 Å². The van der Waals surface area contributed by atoms with Gasteiger partial charge in [0.15, 0.2) is 0 Å². The highest BCUT2D eigenvalue weighted by molar-refractivity contribution is 5.89. The Hall–Kier alpha value is -2.43. The Morgan fingerprint density at radius 2 is 1.93 bits per heavy atom. The molecule has 4 heterocycles. The summed E-state index contributed by atoms with van der Waals surface area (Å²) in [7, 11) is 2.24. The summed E-state index contributed by atoms with van der Waals surface area (Å²) in [5.41, 5.74) is 6.65. The third kappa shape index (κ3) is 3.63. The Kier molecular flexibility index (Phi) is 4.98. The monoisotopic (exact) mass is 386 g/mol. The number of rotatable bonds is 3. The molecule has 1 fully saturated rings. The van der Waals surface area contributed by atoms with Crippen molar-refractivity contribution in [3.05, 3.63) is 65.1 Å². The molecule has 4 nitrogen and oxygen atoms in total. The summed E-state index contributed by atoms with van der Waals surface area (Å²) in [4.78, 5) is 9.65. The van der Waals surface area contributed by atoms with Crippen LogP contribution in [0.5, 0.6) is 0 Å². The molecule has 0 unspecified atom stereocenters. The lowest BCUT2D eigenvalue weighted by Crippen LogP contribution is -2.45. The van der Waals surface area contributed by atoms with Crippen molar-refractivity contribution in [1.29, 1.82) is 0 Å². The fourth-order valence-corrected chi connectivity index (χ4v) is 4.99. The largest absolute Gasteiger partial charge is 0.320 e. The molecular formula is C25H30N4. The highest BCUT2D eigenvalue weighted by Crippen LogP contribution is 2.34. The first kappa shape index (κ1) is 18.6. The average molecular weight is 387 g/mol. The number of likely N-dealkylation sites (tertiary alicyclic amines) is 1. The van der Waals surface area contributed by atoms with Gasteiger partial charge in [-0.3, -0.25) is 9.88 Å². The van der Waals surface area contributed by atoms with Crippen molar-refractivity contribution in [2.75, 3.05) is 26.7 Å². The molecule has 4 heteroatoms. The van der Waals surface area contributed by atoms with Crippen LogP contribution >= 0.6 is 0 Å². The van der Waals surface area contributed by atoms with E-state index >= 15 is 0 Å². The Balaban J connectivity index is 1.51. The second-order valence-corrected chi connectivity index (χ2v) is 8.64. The van der Waals surface area contributed by atoms with E-state index in [1.54, 1.807) is 0 Å². The van der Waals surface area contributed by atoms with Crippen molar-refractivity contribution in [3.8, 4) is 0 Å². The van der Waals surface area contributed by atoms with E-state index in [1.807, 2.05) is 18.3 Å². The molecule has 0 saturated carbocycles. The van der Waals surface area contributed by atoms with Crippen LogP contribution in [0.4, 0.5) is 0 Å². The number of aromatic nitrogens is 2. The minimum Gasteiger partial charge on any atom is -0.320 e. The fraction of sp³-hybridized carbons (Fsp3) is 0.400. The number of pyridine rings is 1. The van der Waals surface area contributed by atoms with Crippen LogP contribution in [0.1, 0.15) is 35.4 Å². The van der Waals surface area contributed by atoms with Gasteiger partial charge < -0.3 is 9.47 Å². The predicted octanol–water partition coefficient (Wildman–Crippen LogP) is 4.42. The zero-order chi connectivity index (χ0) is 19.8. The van der Waals surface area contributed by atoms with E-state index < -0.39 is 0 Å². The highest BCUT2D eigenvalue weighted by atomic mass is 15.2. The molecule has 29 heavy (non-hydrogen) atoms. The summed E-state index contributed by atoms with van der Waals surface area (Å²) in [6.07, 6.45) is 9.90. The molecule has 0 bridgehead atoms. The molecule has 2 aromatic heterocycles. The van der Waals surface area contributed by atoms with E-state index in [9.17, 15) is 0 Å². The van der Waals surface area contributed by atoms with Crippen molar-refractivity contribution in [3.63, 3.8) is 0 Å². The van der Waals surface area contributed by atoms with Gasteiger partial charge in [-0.1, -0.05) is 17.7 Å². The van der Waals surface area contributed by atoms with Gasteiger partial charge >= 0.3 is 0 Å². The summed E-state index contributed by atoms with van der Waals surface area (Å²) < 4.78 is 2.41. The standard InChI is InChI=1S/C25H30N4/c1-19-6-7-24-22(17-19)23-18-28(21-9-13-27(2)14-10-21)15-11-25(23)29(24)16-8-20-5-3-4-12-26-20/h3-8,12,16-17,21H,9-11,13-15,18H2,1-2H3/b16-8+. The van der Waals surface area contributed by atoms with Gasteiger partial charge in [0.2, 0.25) is 0 Å². The highest BCUT2D eigenvalue weighted by Gasteiger charge is 2.29. The quantitative estimate of drug-likeness (QED) is 0.666. The van der Waals surface area contributed by atoms with Crippen LogP contribution in [0.2, 0.25) is 0 Å². The third-order valence-corrected chi connectivity index (χ3v) is 6.66. The van der Waals surface area contributed by atoms with Crippen LogP contribution in [-0.2, 0) is 13.0 Å². The van der Waals surface area contributed by atoms with Gasteiger partial charge in [-0.05, 0) is 75.8 Å². The number of benzene rings is 1. The maximum atomic E-state index is 4.45. The zero-order valence-corrected chi connectivity index (χ0v) is 17.5. The van der Waals surface area contributed by atoms with Crippen molar-refractivity contribution >= 4 is 23.2 Å². The van der Waals surface area contributed by atoms with Gasteiger partial charge in [0.05, 0.1) is 11.2 Å². The van der Waals surface area contributed by atoms with E-state index in [4.69, 9.17) is 0 Å². The van der Waals surface area contributed by atoms with Crippen LogP contribution in [0.3, 0.4) is 0 Å². The second-order valence-electron chi connectivity index (χ2n) is 8.64. The molecule has 0 amide bonds. The van der Waals surface area contributed by atoms with Crippen LogP contribution in [0, 0.1) is 6.92 Å². The zero-order valence-electron chi connectivity index (χ0n) is 17.5. The number of fused-ring (bicyclic) bond motifs is 3. The van der Waals surface area contributed by atoms with Gasteiger partial charge in [0, 0.05) is 49.0 Å². The first-order valence-corrected chi connectivity index (χ1v) is 10.8. The first-order chi connectivity index (χ1) is 14.2. The van der Waals surface area contributed by atoms with Gasteiger partial charge in [0.1, 0.15) is 0 Å². The van der Waals surface area contributed by atoms with Crippen LogP contribution < -0.4 is 0 Å². The molecule has 3 aromatic rings. The molecule has 0 atom stereocenters. The van der Waals surface area contributed by atoms with Crippen molar-refractivity contribution < 1.29 is 0 Å². The molecule has 0 radical (unpaired) electrons. The van der Waals surface area contributed by atoms with Gasteiger partial charge in [-0.2, -0.15) is 0 Å². The molecule has 2 aliphatic heterocycles. The number of aryl methyl sites for hydroxylation is 1. The Labute approximate surface area is 173 Å². The van der Waals surface area contributed by atoms with E-state index in [1.165, 1.54) is 53.7 Å². The SMILES string of the molecule is Cc1ccc2c(c1)c1c(n2/C=C/c2ccccn2)CCN(C2CCN(C)CC2)C1. The van der Waals surface area contributed by atoms with Gasteiger partial charge in [-0.25, -0.2) is 0 Å². The Morgan fingerprint density at radius 1 is 1.07 bits per heavy atom. The van der Waals surface area contributed by atoms with Crippen molar-refractivity contribution in [1.82, 2.24) is 19.4 Å². The lowest BCUT2D eigenvalue weighted by molar-refractivity contribution is 0.109. The van der Waals surface area contributed by atoms with Crippen molar-refractivity contribution in [2.24, 2.45) is 0 Å². The number of nitrogens with zero attached hydrogens (tertiary/aromatic N) is 4. The van der Waals surface area contributed by atoms with E-state index in [0.29, 0.717) is 0 Å². The Morgan fingerprint density at radius 3 is 2.72 bits per heavy atom. The van der Waals surface area contributed by atoms with Crippen LogP contribution in [0.15, 0.2) is 42.6 Å².